The zero-order chi connectivity index (χ0) is 5.11. The van der Waals surface area contributed by atoms with Crippen LogP contribution in [-0.4, -0.2) is 0 Å². The van der Waals surface area contributed by atoms with Gasteiger partial charge in [-0.3, -0.25) is 0 Å². The molecule has 0 bridgehead atoms. The van der Waals surface area contributed by atoms with E-state index in [-0.39, 0.29) is 94.8 Å². The summed E-state index contributed by atoms with van der Waals surface area (Å²) in [4.78, 5) is 0. The van der Waals surface area contributed by atoms with Gasteiger partial charge in [-0.05, 0) is 0 Å². The molecule has 60 valence electrons. The van der Waals surface area contributed by atoms with Crippen LogP contribution in [0.5, 0.6) is 0 Å². The molecule has 0 spiro atoms. The molecule has 1 aliphatic rings. The van der Waals surface area contributed by atoms with Crippen molar-refractivity contribution in [1.82, 2.24) is 0 Å². The maximum atomic E-state index is 2.39. The molecule has 0 amide bonds. The molecule has 0 aromatic carbocycles. The molecular formula is C6H11HfI3. The molecule has 0 saturated carbocycles. The Labute approximate surface area is 125 Å². The van der Waals surface area contributed by atoms with E-state index in [9.17, 15) is 0 Å². The van der Waals surface area contributed by atoms with Crippen LogP contribution in [0.2, 0.25) is 4.68 Å². The second kappa shape index (κ2) is 11.5. The second-order valence-corrected chi connectivity index (χ2v) is 5.68. The van der Waals surface area contributed by atoms with Crippen LogP contribution in [0.3, 0.4) is 0 Å². The first-order valence-corrected chi connectivity index (χ1v) is 7.86. The van der Waals surface area contributed by atoms with Gasteiger partial charge in [-0.1, -0.05) is 0 Å². The molecule has 0 N–H and O–H groups in total. The molecule has 0 heterocycles. The van der Waals surface area contributed by atoms with E-state index in [1.165, 1.54) is 6.42 Å². The topological polar surface area (TPSA) is 0 Å². The van der Waals surface area contributed by atoms with Crippen LogP contribution in [0.25, 0.3) is 0 Å². The summed E-state index contributed by atoms with van der Waals surface area (Å²) in [6, 6.07) is 0. The fraction of sp³-hybridized carbons (Fsp3) is 0.333. The summed E-state index contributed by atoms with van der Waals surface area (Å²) in [6.07, 6.45) is 7.97. The molecule has 0 saturated heterocycles. The van der Waals surface area contributed by atoms with Crippen LogP contribution in [-0.2, 0) is 22.9 Å². The zero-order valence-electron chi connectivity index (χ0n) is 5.66. The van der Waals surface area contributed by atoms with Crippen molar-refractivity contribution in [2.45, 2.75) is 11.1 Å². The Hall–Kier alpha value is 2.54. The van der Waals surface area contributed by atoms with Gasteiger partial charge >= 0.3 is 55.6 Å². The summed E-state index contributed by atoms with van der Waals surface area (Å²) in [6.45, 7) is 0. The van der Waals surface area contributed by atoms with Crippen molar-refractivity contribution in [3.63, 3.8) is 0 Å². The van der Waals surface area contributed by atoms with Crippen LogP contribution in [0, 0.1) is 0 Å². The minimum absolute atomic E-state index is 0. The van der Waals surface area contributed by atoms with E-state index in [0.29, 0.717) is 0 Å². The monoisotopic (exact) mass is 644 g/mol. The Morgan fingerprint density at radius 3 is 2.10 bits per heavy atom. The molecule has 0 unspecified atom stereocenters. The van der Waals surface area contributed by atoms with Gasteiger partial charge in [0, 0.05) is 0 Å². The van der Waals surface area contributed by atoms with Crippen molar-refractivity contribution in [3.8, 4) is 0 Å². The van der Waals surface area contributed by atoms with Crippen molar-refractivity contribution in [2.75, 3.05) is 0 Å². The predicted molar refractivity (Wildman–Crippen MR) is 73.9 cm³/mol. The van der Waals surface area contributed by atoms with Gasteiger partial charge in [-0.2, -0.15) is 0 Å². The molecule has 0 aliphatic heterocycles. The number of hydrogen-bond acceptors (Lipinski definition) is 0. The van der Waals surface area contributed by atoms with Crippen molar-refractivity contribution >= 4 is 71.9 Å². The summed E-state index contributed by atoms with van der Waals surface area (Å²) in [5.74, 6) is 0. The average Bonchev–Trinajstić information content (AvgIpc) is 2.14. The number of allylic oxidation sites excluding steroid dienone is 4. The molecule has 0 aromatic heterocycles. The first-order valence-electron chi connectivity index (χ1n) is 2.47. The van der Waals surface area contributed by atoms with E-state index in [0.717, 1.165) is 0 Å². The molecule has 0 fully saturated rings. The van der Waals surface area contributed by atoms with Crippen LogP contribution in [0.15, 0.2) is 21.6 Å². The quantitative estimate of drug-likeness (QED) is 0.302. The summed E-state index contributed by atoms with van der Waals surface area (Å²) in [5.41, 5.74) is 0. The molecule has 1 aliphatic carbocycles. The van der Waals surface area contributed by atoms with Crippen molar-refractivity contribution < 1.29 is 22.9 Å². The third-order valence-corrected chi connectivity index (χ3v) is 4.73. The Kier molecular flexibility index (Phi) is 21.2. The normalized spacial score (nSPS) is 11.9. The van der Waals surface area contributed by atoms with Crippen LogP contribution >= 0.6 is 71.9 Å². The van der Waals surface area contributed by atoms with Gasteiger partial charge in [0.05, 0.1) is 0 Å². The van der Waals surface area contributed by atoms with E-state index in [4.69, 9.17) is 0 Å². The fourth-order valence-corrected chi connectivity index (χ4v) is 2.73. The molecule has 10 heavy (non-hydrogen) atoms. The zero-order valence-corrected chi connectivity index (χ0v) is 16.2. The third-order valence-electron chi connectivity index (χ3n) is 1.09. The Morgan fingerprint density at radius 1 is 1.30 bits per heavy atom. The van der Waals surface area contributed by atoms with E-state index >= 15 is 0 Å². The summed E-state index contributed by atoms with van der Waals surface area (Å²) < 4.78 is 4.14. The van der Waals surface area contributed by atoms with Crippen molar-refractivity contribution in [1.29, 1.82) is 0 Å². The minimum atomic E-state index is -0.221. The van der Waals surface area contributed by atoms with Gasteiger partial charge in [0.25, 0.3) is 0 Å². The van der Waals surface area contributed by atoms with E-state index < -0.39 is 0 Å². The summed E-state index contributed by atoms with van der Waals surface area (Å²) >= 11 is -0.221. The average molecular weight is 642 g/mol. The van der Waals surface area contributed by atoms with E-state index in [2.05, 4.69) is 22.9 Å². The third kappa shape index (κ3) is 7.20. The van der Waals surface area contributed by atoms with Gasteiger partial charge in [0.1, 0.15) is 0 Å². The molecule has 0 aromatic rings. The summed E-state index contributed by atoms with van der Waals surface area (Å²) in [7, 11) is 0. The Bertz CT molecular complexity index is 120. The first kappa shape index (κ1) is 18.3. The van der Waals surface area contributed by atoms with Crippen LogP contribution in [0.4, 0.5) is 0 Å². The molecule has 4 heteroatoms. The van der Waals surface area contributed by atoms with Crippen LogP contribution in [0.1, 0.15) is 6.42 Å². The molecule has 0 radical (unpaired) electrons. The van der Waals surface area contributed by atoms with Gasteiger partial charge in [-0.15, -0.1) is 71.9 Å². The van der Waals surface area contributed by atoms with Gasteiger partial charge < -0.3 is 0 Å². The maximum absolute atomic E-state index is 2.39. The SMILES string of the molecule is I.I.I.[CH3][Hf][C]1=CC=CC1. The van der Waals surface area contributed by atoms with Crippen molar-refractivity contribution in [2.24, 2.45) is 0 Å². The number of halogens is 3. The molecule has 0 atom stereocenters. The van der Waals surface area contributed by atoms with Gasteiger partial charge in [0.2, 0.25) is 0 Å². The molecular weight excluding hydrogens is 631 g/mol. The molecule has 1 rings (SSSR count). The fourth-order valence-electron chi connectivity index (χ4n) is 0.633. The van der Waals surface area contributed by atoms with Gasteiger partial charge in [-0.25, -0.2) is 0 Å². The number of hydrogen-bond donors (Lipinski definition) is 0. The van der Waals surface area contributed by atoms with Crippen molar-refractivity contribution in [3.05, 3.63) is 21.6 Å². The standard InChI is InChI=1S/C5H5.CH3.Hf.3HI/c1-2-4-5-3-1;;;;;/h1-3H,4H2;1H3;;3*1H. The number of rotatable bonds is 1. The van der Waals surface area contributed by atoms with Crippen LogP contribution < -0.4 is 0 Å². The predicted octanol–water partition coefficient (Wildman–Crippen LogP) is 3.81. The molecule has 0 nitrogen and oxygen atoms in total. The second-order valence-electron chi connectivity index (χ2n) is 1.57. The van der Waals surface area contributed by atoms with E-state index in [1.807, 2.05) is 0 Å². The Morgan fingerprint density at radius 2 is 1.90 bits per heavy atom. The van der Waals surface area contributed by atoms with Gasteiger partial charge in [0.15, 0.2) is 0 Å². The first-order chi connectivity index (χ1) is 3.43. The van der Waals surface area contributed by atoms with E-state index in [1.54, 1.807) is 3.33 Å². The summed E-state index contributed by atoms with van der Waals surface area (Å²) in [5, 5.41) is 0. The Balaban J connectivity index is -0.000000163.